The van der Waals surface area contributed by atoms with E-state index in [0.29, 0.717) is 27.3 Å². The summed E-state index contributed by atoms with van der Waals surface area (Å²) in [4.78, 5) is 28.6. The van der Waals surface area contributed by atoms with Gasteiger partial charge in [0.2, 0.25) is 0 Å². The van der Waals surface area contributed by atoms with Gasteiger partial charge in [0.05, 0.1) is 17.2 Å². The molecule has 180 valence electrons. The van der Waals surface area contributed by atoms with Gasteiger partial charge in [0, 0.05) is 18.8 Å². The van der Waals surface area contributed by atoms with Crippen LogP contribution in [-0.4, -0.2) is 47.1 Å². The Morgan fingerprint density at radius 1 is 1.15 bits per heavy atom. The van der Waals surface area contributed by atoms with Gasteiger partial charge in [-0.25, -0.2) is 4.79 Å². The number of hydrogen-bond acceptors (Lipinski definition) is 7. The van der Waals surface area contributed by atoms with Crippen molar-refractivity contribution in [1.29, 1.82) is 0 Å². The average molecular weight is 501 g/mol. The second-order valence-corrected chi connectivity index (χ2v) is 9.12. The number of thioether (sulfide) groups is 1. The van der Waals surface area contributed by atoms with Gasteiger partial charge in [-0.1, -0.05) is 30.0 Å². The Labute approximate surface area is 209 Å². The summed E-state index contributed by atoms with van der Waals surface area (Å²) in [5.74, 6) is -0.523. The minimum atomic E-state index is -1.07. The van der Waals surface area contributed by atoms with Crippen molar-refractivity contribution in [1.82, 2.24) is 0 Å². The zero-order valence-electron chi connectivity index (χ0n) is 19.6. The summed E-state index contributed by atoms with van der Waals surface area (Å²) in [5, 5.41) is 9.11. The topological polar surface area (TPSA) is 79.3 Å². The molecular weight excluding hydrogens is 472 g/mol. The molecule has 0 radical (unpaired) electrons. The average Bonchev–Trinajstić information content (AvgIpc) is 3.09. The maximum Gasteiger partial charge on any atom is 0.344 e. The van der Waals surface area contributed by atoms with Gasteiger partial charge >= 0.3 is 5.97 Å². The lowest BCUT2D eigenvalue weighted by atomic mass is 10.1. The van der Waals surface area contributed by atoms with E-state index in [2.05, 4.69) is 18.7 Å². The van der Waals surface area contributed by atoms with E-state index in [1.54, 1.807) is 24.3 Å². The molecule has 0 spiro atoms. The molecule has 1 N–H and O–H groups in total. The molecular formula is C25H28N2O5S2. The number of benzene rings is 2. The molecule has 34 heavy (non-hydrogen) atoms. The first-order chi connectivity index (χ1) is 16.3. The Balaban J connectivity index is 1.84. The third-order valence-electron chi connectivity index (χ3n) is 5.25. The zero-order valence-corrected chi connectivity index (χ0v) is 21.2. The van der Waals surface area contributed by atoms with Crippen LogP contribution in [-0.2, 0) is 9.59 Å². The Kier molecular flexibility index (Phi) is 8.57. The maximum absolute atomic E-state index is 13.2. The van der Waals surface area contributed by atoms with E-state index >= 15 is 0 Å². The Morgan fingerprint density at radius 3 is 2.41 bits per heavy atom. The third kappa shape index (κ3) is 5.71. The molecule has 7 nitrogen and oxygen atoms in total. The van der Waals surface area contributed by atoms with Crippen LogP contribution in [0.4, 0.5) is 11.4 Å². The van der Waals surface area contributed by atoms with E-state index in [9.17, 15) is 9.59 Å². The van der Waals surface area contributed by atoms with Gasteiger partial charge in [-0.05, 0) is 75.7 Å². The molecule has 1 atom stereocenters. The van der Waals surface area contributed by atoms with E-state index in [4.69, 9.17) is 26.8 Å². The largest absolute Gasteiger partial charge is 0.490 e. The minimum Gasteiger partial charge on any atom is -0.490 e. The standard InChI is InChI=1S/C25H28N2O5S2/c1-5-26(6-2)18-9-11-19(12-10-18)27-23(28)22(34-25(27)33)15-17-8-13-20(21(14-17)31-7-3)32-16(4)24(29)30/h8-16H,5-7H2,1-4H3,(H,29,30)/b22-15+. The molecule has 9 heteroatoms. The van der Waals surface area contributed by atoms with Crippen molar-refractivity contribution in [2.75, 3.05) is 29.5 Å². The number of carboxylic acids is 1. The van der Waals surface area contributed by atoms with Gasteiger partial charge < -0.3 is 19.5 Å². The summed E-state index contributed by atoms with van der Waals surface area (Å²) in [6.45, 7) is 9.68. The predicted molar refractivity (Wildman–Crippen MR) is 141 cm³/mol. The highest BCUT2D eigenvalue weighted by molar-refractivity contribution is 8.27. The fourth-order valence-corrected chi connectivity index (χ4v) is 4.76. The molecule has 0 bridgehead atoms. The molecule has 0 aromatic heterocycles. The van der Waals surface area contributed by atoms with Gasteiger partial charge in [0.1, 0.15) is 0 Å². The summed E-state index contributed by atoms with van der Waals surface area (Å²) in [6, 6.07) is 12.9. The van der Waals surface area contributed by atoms with Crippen LogP contribution in [0.5, 0.6) is 11.5 Å². The number of anilines is 2. The van der Waals surface area contributed by atoms with E-state index in [1.807, 2.05) is 31.2 Å². The molecule has 0 saturated carbocycles. The van der Waals surface area contributed by atoms with E-state index in [0.717, 1.165) is 30.0 Å². The summed E-state index contributed by atoms with van der Waals surface area (Å²) in [5.41, 5.74) is 2.54. The van der Waals surface area contributed by atoms with Crippen LogP contribution in [0, 0.1) is 0 Å². The first-order valence-electron chi connectivity index (χ1n) is 11.1. The number of carbonyl (C=O) groups excluding carboxylic acids is 1. The Hall–Kier alpha value is -3.04. The van der Waals surface area contributed by atoms with Crippen molar-refractivity contribution >= 4 is 57.6 Å². The van der Waals surface area contributed by atoms with Gasteiger partial charge in [-0.15, -0.1) is 0 Å². The number of carboxylic acid groups (broad SMARTS) is 1. The Bertz CT molecular complexity index is 1100. The number of hydrogen-bond donors (Lipinski definition) is 1. The van der Waals surface area contributed by atoms with E-state index < -0.39 is 12.1 Å². The lowest BCUT2D eigenvalue weighted by Crippen LogP contribution is -2.27. The zero-order chi connectivity index (χ0) is 24.8. The van der Waals surface area contributed by atoms with Crippen molar-refractivity contribution in [3.8, 4) is 11.5 Å². The highest BCUT2D eigenvalue weighted by atomic mass is 32.2. The molecule has 1 aliphatic rings. The van der Waals surface area contributed by atoms with Gasteiger partial charge in [0.25, 0.3) is 5.91 Å². The number of rotatable bonds is 10. The van der Waals surface area contributed by atoms with Gasteiger partial charge in [-0.2, -0.15) is 0 Å². The minimum absolute atomic E-state index is 0.191. The molecule has 0 aliphatic carbocycles. The van der Waals surface area contributed by atoms with Crippen LogP contribution in [0.3, 0.4) is 0 Å². The second kappa shape index (κ2) is 11.4. The lowest BCUT2D eigenvalue weighted by molar-refractivity contribution is -0.144. The van der Waals surface area contributed by atoms with Crippen molar-refractivity contribution in [3.63, 3.8) is 0 Å². The van der Waals surface area contributed by atoms with Crippen LogP contribution in [0.15, 0.2) is 47.4 Å². The van der Waals surface area contributed by atoms with E-state index in [1.165, 1.54) is 23.6 Å². The van der Waals surface area contributed by atoms with Crippen LogP contribution >= 0.6 is 24.0 Å². The molecule has 2 aromatic rings. The number of carbonyl (C=O) groups is 2. The highest BCUT2D eigenvalue weighted by Crippen LogP contribution is 2.38. The van der Waals surface area contributed by atoms with Crippen LogP contribution in [0.25, 0.3) is 6.08 Å². The van der Waals surface area contributed by atoms with Crippen molar-refractivity contribution in [2.45, 2.75) is 33.8 Å². The maximum atomic E-state index is 13.2. The van der Waals surface area contributed by atoms with Crippen LogP contribution < -0.4 is 19.3 Å². The quantitative estimate of drug-likeness (QED) is 0.353. The highest BCUT2D eigenvalue weighted by Gasteiger charge is 2.33. The van der Waals surface area contributed by atoms with E-state index in [-0.39, 0.29) is 5.91 Å². The molecule has 1 aliphatic heterocycles. The summed E-state index contributed by atoms with van der Waals surface area (Å²) >= 11 is 6.74. The van der Waals surface area contributed by atoms with Crippen molar-refractivity contribution < 1.29 is 24.2 Å². The molecule has 1 fully saturated rings. The molecule has 3 rings (SSSR count). The lowest BCUT2D eigenvalue weighted by Gasteiger charge is -2.22. The first kappa shape index (κ1) is 25.6. The van der Waals surface area contributed by atoms with Gasteiger partial charge in [0.15, 0.2) is 21.9 Å². The predicted octanol–water partition coefficient (Wildman–Crippen LogP) is 5.19. The monoisotopic (exact) mass is 500 g/mol. The van der Waals surface area contributed by atoms with Crippen molar-refractivity contribution in [2.24, 2.45) is 0 Å². The molecule has 2 aromatic carbocycles. The van der Waals surface area contributed by atoms with Gasteiger partial charge in [-0.3, -0.25) is 9.69 Å². The fourth-order valence-electron chi connectivity index (χ4n) is 3.46. The fraction of sp³-hybridized carbons (Fsp3) is 0.320. The molecule has 1 unspecified atom stereocenters. The SMILES string of the molecule is CCOc1cc(/C=C2/SC(=S)N(c3ccc(N(CC)CC)cc3)C2=O)ccc1OC(C)C(=O)O. The second-order valence-electron chi connectivity index (χ2n) is 7.44. The number of ether oxygens (including phenoxy) is 2. The smallest absolute Gasteiger partial charge is 0.344 e. The number of amides is 1. The number of thiocarbonyl (C=S) groups is 1. The normalized spacial score (nSPS) is 15.5. The Morgan fingerprint density at radius 2 is 1.82 bits per heavy atom. The summed E-state index contributed by atoms with van der Waals surface area (Å²) in [7, 11) is 0. The molecule has 1 amide bonds. The molecule has 1 heterocycles. The number of aliphatic carboxylic acids is 1. The third-order valence-corrected chi connectivity index (χ3v) is 6.55. The van der Waals surface area contributed by atoms with Crippen molar-refractivity contribution in [3.05, 3.63) is 52.9 Å². The first-order valence-corrected chi connectivity index (χ1v) is 12.3. The summed E-state index contributed by atoms with van der Waals surface area (Å²) < 4.78 is 11.6. The van der Waals surface area contributed by atoms with Crippen LogP contribution in [0.2, 0.25) is 0 Å². The molecule has 1 saturated heterocycles. The number of nitrogens with zero attached hydrogens (tertiary/aromatic N) is 2. The summed E-state index contributed by atoms with van der Waals surface area (Å²) in [6.07, 6.45) is 0.727. The van der Waals surface area contributed by atoms with Crippen LogP contribution in [0.1, 0.15) is 33.3 Å².